The third-order valence-electron chi connectivity index (χ3n) is 3.67. The Hall–Kier alpha value is -1.33. The lowest BCUT2D eigenvalue weighted by molar-refractivity contribution is 0.0672. The van der Waals surface area contributed by atoms with E-state index in [0.717, 1.165) is 14.6 Å². The van der Waals surface area contributed by atoms with E-state index in [1.807, 2.05) is 51.9 Å². The quantitative estimate of drug-likeness (QED) is 0.690. The normalized spacial score (nSPS) is 17.7. The number of carbonyl (C=O) groups is 1. The predicted molar refractivity (Wildman–Crippen MR) is 90.2 cm³/mol. The summed E-state index contributed by atoms with van der Waals surface area (Å²) in [5.74, 6) is 0.0448. The van der Waals surface area contributed by atoms with Gasteiger partial charge in [-0.25, -0.2) is 0 Å². The van der Waals surface area contributed by atoms with Gasteiger partial charge >= 0.3 is 0 Å². The van der Waals surface area contributed by atoms with Gasteiger partial charge in [0.1, 0.15) is 10.3 Å². The first kappa shape index (κ1) is 14.6. The number of fused-ring (bicyclic) bond motifs is 1. The Balaban J connectivity index is 1.96. The molecule has 1 aromatic heterocycles. The van der Waals surface area contributed by atoms with Gasteiger partial charge in [-0.3, -0.25) is 4.79 Å². The van der Waals surface area contributed by atoms with Crippen molar-refractivity contribution in [3.63, 3.8) is 0 Å². The minimum absolute atomic E-state index is 0.0448. The molecule has 0 radical (unpaired) electrons. The minimum atomic E-state index is 0.0448. The predicted octanol–water partition coefficient (Wildman–Crippen LogP) is 4.40. The number of benzene rings is 1. The van der Waals surface area contributed by atoms with Crippen molar-refractivity contribution in [2.75, 3.05) is 6.54 Å². The van der Waals surface area contributed by atoms with Gasteiger partial charge in [-0.15, -0.1) is 6.58 Å². The highest BCUT2D eigenvalue weighted by molar-refractivity contribution is 9.13. The van der Waals surface area contributed by atoms with Crippen LogP contribution in [-0.2, 0) is 6.54 Å². The van der Waals surface area contributed by atoms with Crippen LogP contribution in [0.15, 0.2) is 58.1 Å². The molecule has 0 aliphatic carbocycles. The number of hydrogen-bond acceptors (Lipinski definition) is 1. The van der Waals surface area contributed by atoms with Crippen LogP contribution in [-0.4, -0.2) is 21.9 Å². The molecule has 5 heteroatoms. The van der Waals surface area contributed by atoms with Crippen LogP contribution in [0, 0.1) is 0 Å². The van der Waals surface area contributed by atoms with Gasteiger partial charge in [-0.2, -0.15) is 0 Å². The number of halogens is 2. The van der Waals surface area contributed by atoms with Gasteiger partial charge in [0.05, 0.1) is 10.5 Å². The summed E-state index contributed by atoms with van der Waals surface area (Å²) in [6.45, 7) is 5.15. The van der Waals surface area contributed by atoms with Gasteiger partial charge in [0, 0.05) is 13.1 Å². The van der Waals surface area contributed by atoms with Crippen molar-refractivity contribution in [2.24, 2.45) is 0 Å². The molecule has 2 aromatic rings. The Morgan fingerprint density at radius 1 is 1.29 bits per heavy atom. The molecule has 1 atom stereocenters. The van der Waals surface area contributed by atoms with E-state index in [9.17, 15) is 4.79 Å². The standard InChI is InChI=1S/C16H14Br2N2O/c1-2-12-10-19(9-11-6-4-3-5-7-11)16(21)14-8-13(17)15(18)20(12)14/h2-8,12H,1,9-10H2/t12-/m0/s1. The first-order chi connectivity index (χ1) is 10.1. The second-order valence-electron chi connectivity index (χ2n) is 5.01. The minimum Gasteiger partial charge on any atom is -0.331 e. The molecule has 0 fully saturated rings. The van der Waals surface area contributed by atoms with Crippen molar-refractivity contribution >= 4 is 37.8 Å². The van der Waals surface area contributed by atoms with Crippen LogP contribution < -0.4 is 0 Å². The van der Waals surface area contributed by atoms with Gasteiger partial charge in [0.2, 0.25) is 0 Å². The molecule has 0 spiro atoms. The van der Waals surface area contributed by atoms with Crippen molar-refractivity contribution in [1.82, 2.24) is 9.47 Å². The fourth-order valence-corrected chi connectivity index (χ4v) is 3.61. The Morgan fingerprint density at radius 3 is 2.67 bits per heavy atom. The molecule has 1 aromatic carbocycles. The van der Waals surface area contributed by atoms with Gasteiger partial charge in [-0.05, 0) is 43.5 Å². The van der Waals surface area contributed by atoms with Gasteiger partial charge in [0.25, 0.3) is 5.91 Å². The van der Waals surface area contributed by atoms with Crippen molar-refractivity contribution in [3.05, 3.63) is 69.4 Å². The van der Waals surface area contributed by atoms with Crippen LogP contribution in [0.5, 0.6) is 0 Å². The van der Waals surface area contributed by atoms with Crippen molar-refractivity contribution < 1.29 is 4.79 Å². The number of aromatic nitrogens is 1. The molecule has 108 valence electrons. The van der Waals surface area contributed by atoms with Gasteiger partial charge in [0.15, 0.2) is 0 Å². The summed E-state index contributed by atoms with van der Waals surface area (Å²) < 4.78 is 3.76. The molecule has 0 unspecified atom stereocenters. The zero-order valence-corrected chi connectivity index (χ0v) is 14.5. The smallest absolute Gasteiger partial charge is 0.270 e. The van der Waals surface area contributed by atoms with Crippen LogP contribution in [0.2, 0.25) is 0 Å². The Morgan fingerprint density at radius 2 is 2.00 bits per heavy atom. The summed E-state index contributed by atoms with van der Waals surface area (Å²) in [5, 5.41) is 0. The monoisotopic (exact) mass is 408 g/mol. The maximum Gasteiger partial charge on any atom is 0.270 e. The van der Waals surface area contributed by atoms with Gasteiger partial charge < -0.3 is 9.47 Å². The lowest BCUT2D eigenvalue weighted by Gasteiger charge is -2.33. The fourth-order valence-electron chi connectivity index (χ4n) is 2.63. The molecule has 3 nitrogen and oxygen atoms in total. The summed E-state index contributed by atoms with van der Waals surface area (Å²) in [6, 6.07) is 12.0. The molecule has 0 saturated heterocycles. The average Bonchev–Trinajstić information content (AvgIpc) is 2.80. The maximum atomic E-state index is 12.7. The molecular formula is C16H14Br2N2O. The summed E-state index contributed by atoms with van der Waals surface area (Å²) in [5.41, 5.74) is 1.81. The molecule has 1 aliphatic rings. The van der Waals surface area contributed by atoms with Crippen LogP contribution in [0.25, 0.3) is 0 Å². The number of hydrogen-bond donors (Lipinski definition) is 0. The number of amides is 1. The largest absolute Gasteiger partial charge is 0.331 e. The van der Waals surface area contributed by atoms with E-state index in [0.29, 0.717) is 18.8 Å². The zero-order valence-electron chi connectivity index (χ0n) is 11.3. The van der Waals surface area contributed by atoms with E-state index >= 15 is 0 Å². The Kier molecular flexibility index (Phi) is 4.04. The molecule has 0 bridgehead atoms. The topological polar surface area (TPSA) is 25.2 Å². The highest BCUT2D eigenvalue weighted by Gasteiger charge is 2.32. The highest BCUT2D eigenvalue weighted by Crippen LogP contribution is 2.35. The molecule has 2 heterocycles. The van der Waals surface area contributed by atoms with Crippen molar-refractivity contribution in [3.8, 4) is 0 Å². The summed E-state index contributed by atoms with van der Waals surface area (Å²) in [7, 11) is 0. The van der Waals surface area contributed by atoms with Crippen LogP contribution in [0.4, 0.5) is 0 Å². The molecule has 0 N–H and O–H groups in total. The first-order valence-electron chi connectivity index (χ1n) is 6.63. The van der Waals surface area contributed by atoms with E-state index < -0.39 is 0 Å². The number of nitrogens with zero attached hydrogens (tertiary/aromatic N) is 2. The van der Waals surface area contributed by atoms with Gasteiger partial charge in [-0.1, -0.05) is 36.4 Å². The van der Waals surface area contributed by atoms with Crippen molar-refractivity contribution in [1.29, 1.82) is 0 Å². The third kappa shape index (κ3) is 2.60. The van der Waals surface area contributed by atoms with E-state index in [4.69, 9.17) is 0 Å². The lowest BCUT2D eigenvalue weighted by atomic mass is 10.1. The van der Waals surface area contributed by atoms with Crippen molar-refractivity contribution in [2.45, 2.75) is 12.6 Å². The summed E-state index contributed by atoms with van der Waals surface area (Å²) >= 11 is 7.00. The lowest BCUT2D eigenvalue weighted by Crippen LogP contribution is -2.41. The summed E-state index contributed by atoms with van der Waals surface area (Å²) in [4.78, 5) is 14.5. The van der Waals surface area contributed by atoms with E-state index in [1.54, 1.807) is 0 Å². The van der Waals surface area contributed by atoms with Crippen LogP contribution in [0.3, 0.4) is 0 Å². The summed E-state index contributed by atoms with van der Waals surface area (Å²) in [6.07, 6.45) is 1.88. The van der Waals surface area contributed by atoms with Crippen LogP contribution >= 0.6 is 31.9 Å². The van der Waals surface area contributed by atoms with E-state index in [1.165, 1.54) is 0 Å². The second kappa shape index (κ2) is 5.81. The first-order valence-corrected chi connectivity index (χ1v) is 8.22. The molecule has 21 heavy (non-hydrogen) atoms. The molecule has 1 amide bonds. The number of rotatable bonds is 3. The average molecular weight is 410 g/mol. The van der Waals surface area contributed by atoms with E-state index in [-0.39, 0.29) is 11.9 Å². The van der Waals surface area contributed by atoms with Crippen LogP contribution in [0.1, 0.15) is 22.1 Å². The Labute approximate surface area is 140 Å². The van der Waals surface area contributed by atoms with E-state index in [2.05, 4.69) is 38.4 Å². The highest BCUT2D eigenvalue weighted by atomic mass is 79.9. The third-order valence-corrected chi connectivity index (χ3v) is 5.61. The molecule has 0 saturated carbocycles. The second-order valence-corrected chi connectivity index (χ2v) is 6.62. The SMILES string of the molecule is C=C[C@H]1CN(Cc2ccccc2)C(=O)c2cc(Br)c(Br)n21. The zero-order chi connectivity index (χ0) is 15.0. The molecule has 3 rings (SSSR count). The molecule has 1 aliphatic heterocycles. The maximum absolute atomic E-state index is 12.7. The molecular weight excluding hydrogens is 396 g/mol. The Bertz CT molecular complexity index is 694. The fraction of sp³-hybridized carbons (Fsp3) is 0.188. The number of carbonyl (C=O) groups excluding carboxylic acids is 1.